The van der Waals surface area contributed by atoms with Crippen LogP contribution in [0.25, 0.3) is 0 Å². The van der Waals surface area contributed by atoms with E-state index in [-0.39, 0.29) is 28.2 Å². The van der Waals surface area contributed by atoms with Crippen molar-refractivity contribution in [3.63, 3.8) is 0 Å². The number of amides is 1. The number of halogens is 1. The van der Waals surface area contributed by atoms with Crippen molar-refractivity contribution in [2.75, 3.05) is 0 Å². The summed E-state index contributed by atoms with van der Waals surface area (Å²) in [5.41, 5.74) is 3.38. The van der Waals surface area contributed by atoms with E-state index in [1.807, 2.05) is 29.1 Å². The summed E-state index contributed by atoms with van der Waals surface area (Å²) in [6.45, 7) is 0.686. The van der Waals surface area contributed by atoms with Crippen LogP contribution in [0.2, 0.25) is 5.02 Å². The van der Waals surface area contributed by atoms with Crippen LogP contribution in [0, 0.1) is 10.1 Å². The van der Waals surface area contributed by atoms with Gasteiger partial charge in [0, 0.05) is 23.4 Å². The highest BCUT2D eigenvalue weighted by atomic mass is 35.5. The van der Waals surface area contributed by atoms with Gasteiger partial charge in [-0.05, 0) is 30.9 Å². The fraction of sp³-hybridized carbons (Fsp3) is 0.238. The number of hydrogen-bond acceptors (Lipinski definition) is 4. The number of carbonyl (C=O) groups is 1. The molecule has 3 aromatic rings. The van der Waals surface area contributed by atoms with Gasteiger partial charge in [-0.3, -0.25) is 19.6 Å². The molecule has 1 amide bonds. The maximum absolute atomic E-state index is 12.7. The van der Waals surface area contributed by atoms with Crippen LogP contribution >= 0.6 is 11.6 Å². The van der Waals surface area contributed by atoms with E-state index in [1.54, 1.807) is 0 Å². The van der Waals surface area contributed by atoms with Crippen LogP contribution in [0.15, 0.2) is 54.7 Å². The maximum Gasteiger partial charge on any atom is 0.270 e. The van der Waals surface area contributed by atoms with Gasteiger partial charge in [0.05, 0.1) is 34.3 Å². The Labute approximate surface area is 172 Å². The summed E-state index contributed by atoms with van der Waals surface area (Å²) in [5.74, 6) is -0.349. The average Bonchev–Trinajstić information content (AvgIpc) is 3.12. The highest BCUT2D eigenvalue weighted by Crippen LogP contribution is 2.31. The van der Waals surface area contributed by atoms with E-state index in [9.17, 15) is 14.9 Å². The molecule has 1 N–H and O–H groups in total. The molecule has 0 radical (unpaired) electrons. The zero-order valence-corrected chi connectivity index (χ0v) is 16.3. The van der Waals surface area contributed by atoms with Gasteiger partial charge in [0.2, 0.25) is 0 Å². The van der Waals surface area contributed by atoms with Crippen LogP contribution in [0.5, 0.6) is 0 Å². The van der Waals surface area contributed by atoms with E-state index >= 15 is 0 Å². The van der Waals surface area contributed by atoms with Gasteiger partial charge in [0.1, 0.15) is 0 Å². The molecule has 0 aliphatic heterocycles. The molecule has 1 unspecified atom stereocenters. The summed E-state index contributed by atoms with van der Waals surface area (Å²) in [5, 5.41) is 18.5. The second-order valence-electron chi connectivity index (χ2n) is 7.03. The Balaban J connectivity index is 1.53. The zero-order chi connectivity index (χ0) is 20.4. The summed E-state index contributed by atoms with van der Waals surface area (Å²) in [6, 6.07) is 13.8. The quantitative estimate of drug-likeness (QED) is 0.501. The SMILES string of the molecule is O=C(NC1CCCc2c1cnn2Cc1ccccc1)c1ccc([N+](=O)[O-])cc1Cl. The highest BCUT2D eigenvalue weighted by molar-refractivity contribution is 6.34. The minimum atomic E-state index is -0.540. The summed E-state index contributed by atoms with van der Waals surface area (Å²) in [4.78, 5) is 23.0. The predicted molar refractivity (Wildman–Crippen MR) is 109 cm³/mol. The molecule has 0 saturated heterocycles. The number of nitro benzene ring substituents is 1. The fourth-order valence-electron chi connectivity index (χ4n) is 3.70. The minimum absolute atomic E-state index is 0.0625. The van der Waals surface area contributed by atoms with Gasteiger partial charge in [-0.1, -0.05) is 41.9 Å². The molecule has 4 rings (SSSR count). The molecule has 1 aliphatic rings. The van der Waals surface area contributed by atoms with Crippen LogP contribution < -0.4 is 5.32 Å². The first-order valence-electron chi connectivity index (χ1n) is 9.36. The normalized spacial score (nSPS) is 15.6. The van der Waals surface area contributed by atoms with Crippen LogP contribution in [0.3, 0.4) is 0 Å². The summed E-state index contributed by atoms with van der Waals surface area (Å²) < 4.78 is 1.99. The van der Waals surface area contributed by atoms with Gasteiger partial charge in [-0.25, -0.2) is 0 Å². The number of nitrogens with zero attached hydrogens (tertiary/aromatic N) is 3. The number of aromatic nitrogens is 2. The smallest absolute Gasteiger partial charge is 0.270 e. The van der Waals surface area contributed by atoms with Crippen molar-refractivity contribution in [1.29, 1.82) is 0 Å². The van der Waals surface area contributed by atoms with Gasteiger partial charge < -0.3 is 5.32 Å². The molecule has 0 spiro atoms. The van der Waals surface area contributed by atoms with Crippen LogP contribution in [0.1, 0.15) is 46.1 Å². The van der Waals surface area contributed by atoms with Crippen LogP contribution in [-0.2, 0) is 13.0 Å². The van der Waals surface area contributed by atoms with E-state index in [2.05, 4.69) is 22.5 Å². The number of fused-ring (bicyclic) bond motifs is 1. The molecule has 148 valence electrons. The van der Waals surface area contributed by atoms with Crippen molar-refractivity contribution in [1.82, 2.24) is 15.1 Å². The topological polar surface area (TPSA) is 90.1 Å². The van der Waals surface area contributed by atoms with E-state index in [0.717, 1.165) is 30.5 Å². The number of nitro groups is 1. The first kappa shape index (κ1) is 19.1. The Bertz CT molecular complexity index is 1070. The minimum Gasteiger partial charge on any atom is -0.345 e. The van der Waals surface area contributed by atoms with Crippen LogP contribution in [0.4, 0.5) is 5.69 Å². The van der Waals surface area contributed by atoms with Crippen LogP contribution in [-0.4, -0.2) is 20.6 Å². The molecule has 0 fully saturated rings. The van der Waals surface area contributed by atoms with Gasteiger partial charge >= 0.3 is 0 Å². The Kier molecular flexibility index (Phi) is 5.31. The first-order valence-corrected chi connectivity index (χ1v) is 9.74. The lowest BCUT2D eigenvalue weighted by Crippen LogP contribution is -2.31. The maximum atomic E-state index is 12.7. The van der Waals surface area contributed by atoms with Crippen molar-refractivity contribution < 1.29 is 9.72 Å². The molecule has 1 heterocycles. The van der Waals surface area contributed by atoms with E-state index < -0.39 is 4.92 Å². The third-order valence-electron chi connectivity index (χ3n) is 5.15. The number of rotatable bonds is 5. The molecule has 2 aromatic carbocycles. The average molecular weight is 411 g/mol. The lowest BCUT2D eigenvalue weighted by molar-refractivity contribution is -0.384. The summed E-state index contributed by atoms with van der Waals surface area (Å²) >= 11 is 6.10. The molecule has 7 nitrogen and oxygen atoms in total. The van der Waals surface area contributed by atoms with Gasteiger partial charge in [0.15, 0.2) is 0 Å². The van der Waals surface area contributed by atoms with Crippen molar-refractivity contribution >= 4 is 23.2 Å². The molecule has 29 heavy (non-hydrogen) atoms. The first-order chi connectivity index (χ1) is 14.0. The standard InChI is InChI=1S/C21H19ClN4O3/c22-18-11-15(26(28)29)9-10-16(18)21(27)24-19-7-4-8-20-17(19)12-23-25(20)13-14-5-2-1-3-6-14/h1-3,5-6,9-12,19H,4,7-8,13H2,(H,24,27). The van der Waals surface area contributed by atoms with Gasteiger partial charge in [0.25, 0.3) is 11.6 Å². The lowest BCUT2D eigenvalue weighted by Gasteiger charge is -2.24. The highest BCUT2D eigenvalue weighted by Gasteiger charge is 2.27. The largest absolute Gasteiger partial charge is 0.345 e. The van der Waals surface area contributed by atoms with Crippen molar-refractivity contribution in [2.24, 2.45) is 0 Å². The predicted octanol–water partition coefficient (Wildman–Crippen LogP) is 4.30. The monoisotopic (exact) mass is 410 g/mol. The molecule has 1 aromatic heterocycles. The third kappa shape index (κ3) is 4.00. The Hall–Kier alpha value is -3.19. The zero-order valence-electron chi connectivity index (χ0n) is 15.5. The fourth-order valence-corrected chi connectivity index (χ4v) is 3.96. The molecule has 0 saturated carbocycles. The number of carbonyl (C=O) groups excluding carboxylic acids is 1. The van der Waals surface area contributed by atoms with Crippen molar-refractivity contribution in [2.45, 2.75) is 31.8 Å². The summed E-state index contributed by atoms with van der Waals surface area (Å²) in [6.07, 6.45) is 4.47. The van der Waals surface area contributed by atoms with Gasteiger partial charge in [-0.15, -0.1) is 0 Å². The van der Waals surface area contributed by atoms with Gasteiger partial charge in [-0.2, -0.15) is 5.10 Å². The molecule has 8 heteroatoms. The third-order valence-corrected chi connectivity index (χ3v) is 5.46. The van der Waals surface area contributed by atoms with Crippen molar-refractivity contribution in [3.05, 3.63) is 92.2 Å². The van der Waals surface area contributed by atoms with Crippen molar-refractivity contribution in [3.8, 4) is 0 Å². The van der Waals surface area contributed by atoms with E-state index in [0.29, 0.717) is 6.54 Å². The Morgan fingerprint density at radius 3 is 2.79 bits per heavy atom. The number of nitrogens with one attached hydrogen (secondary N) is 1. The number of hydrogen-bond donors (Lipinski definition) is 1. The molecule has 1 atom stereocenters. The summed E-state index contributed by atoms with van der Waals surface area (Å²) in [7, 11) is 0. The number of non-ortho nitro benzene ring substituents is 1. The molecule has 1 aliphatic carbocycles. The van der Waals surface area contributed by atoms with E-state index in [4.69, 9.17) is 11.6 Å². The second-order valence-corrected chi connectivity index (χ2v) is 7.44. The molecular weight excluding hydrogens is 392 g/mol. The molecule has 0 bridgehead atoms. The van der Waals surface area contributed by atoms with E-state index in [1.165, 1.54) is 23.8 Å². The molecular formula is C21H19ClN4O3. The Morgan fingerprint density at radius 1 is 1.28 bits per heavy atom. The lowest BCUT2D eigenvalue weighted by atomic mass is 9.92. The Morgan fingerprint density at radius 2 is 2.07 bits per heavy atom. The number of benzene rings is 2. The second kappa shape index (κ2) is 8.05.